The van der Waals surface area contributed by atoms with E-state index in [1.807, 2.05) is 0 Å². The molecule has 0 saturated heterocycles. The predicted molar refractivity (Wildman–Crippen MR) is 69.2 cm³/mol. The molecule has 0 saturated carbocycles. The Kier molecular flexibility index (Phi) is 6.35. The first-order chi connectivity index (χ1) is 9.31. The number of hydrogen-bond donors (Lipinski definition) is 1. The van der Waals surface area contributed by atoms with Gasteiger partial charge in [-0.05, 0) is 42.8 Å². The third-order valence-corrected chi connectivity index (χ3v) is 3.16. The Balaban J connectivity index is 2.53. The quantitative estimate of drug-likeness (QED) is 0.643. The number of alkyl halides is 3. The van der Waals surface area contributed by atoms with E-state index >= 15 is 0 Å². The second-order valence-corrected chi connectivity index (χ2v) is 5.11. The maximum atomic E-state index is 12.1. The molecule has 1 unspecified atom stereocenters. The lowest BCUT2D eigenvalue weighted by molar-refractivity contribution is -0.143. The largest absolute Gasteiger partial charge is 0.466 e. The van der Waals surface area contributed by atoms with E-state index in [1.54, 1.807) is 6.92 Å². The Labute approximate surface area is 119 Å². The summed E-state index contributed by atoms with van der Waals surface area (Å²) in [7, 11) is 0. The van der Waals surface area contributed by atoms with Gasteiger partial charge in [0.2, 0.25) is 0 Å². The van der Waals surface area contributed by atoms with Crippen LogP contribution in [0.3, 0.4) is 0 Å². The monoisotopic (exact) mass is 308 g/mol. The Morgan fingerprint density at radius 3 is 2.45 bits per heavy atom. The minimum Gasteiger partial charge on any atom is -0.466 e. The summed E-state index contributed by atoms with van der Waals surface area (Å²) < 4.78 is 41.2. The molecule has 1 aromatic rings. The summed E-state index contributed by atoms with van der Waals surface area (Å²) in [5.41, 5.74) is -3.86. The highest BCUT2D eigenvalue weighted by atomic mass is 32.2. The van der Waals surface area contributed by atoms with Crippen LogP contribution in [-0.4, -0.2) is 23.2 Å². The minimum atomic E-state index is -4.33. The Hall–Kier alpha value is -1.21. The summed E-state index contributed by atoms with van der Waals surface area (Å²) in [6.07, 6.45) is -0.664. The van der Waals surface area contributed by atoms with Crippen molar-refractivity contribution in [2.45, 2.75) is 36.3 Å². The van der Waals surface area contributed by atoms with E-state index in [1.165, 1.54) is 24.3 Å². The average molecular weight is 308 g/mol. The average Bonchev–Trinajstić information content (AvgIpc) is 2.35. The van der Waals surface area contributed by atoms with E-state index < -0.39 is 17.6 Å². The van der Waals surface area contributed by atoms with Gasteiger partial charge < -0.3 is 9.84 Å². The van der Waals surface area contributed by atoms with E-state index in [4.69, 9.17) is 4.74 Å². The summed E-state index contributed by atoms with van der Waals surface area (Å²) >= 11 is -0.210. The lowest BCUT2D eigenvalue weighted by Gasteiger charge is -2.11. The molecule has 0 aliphatic heterocycles. The van der Waals surface area contributed by atoms with Crippen LogP contribution in [0.5, 0.6) is 0 Å². The molecule has 0 radical (unpaired) electrons. The number of hydrogen-bond acceptors (Lipinski definition) is 4. The topological polar surface area (TPSA) is 46.5 Å². The summed E-state index contributed by atoms with van der Waals surface area (Å²) in [6, 6.07) is 5.43. The summed E-state index contributed by atoms with van der Waals surface area (Å²) in [6.45, 7) is 1.96. The van der Waals surface area contributed by atoms with Crippen LogP contribution >= 0.6 is 11.8 Å². The minimum absolute atomic E-state index is 0.0545. The first-order valence-corrected chi connectivity index (χ1v) is 6.83. The van der Waals surface area contributed by atoms with Gasteiger partial charge in [0.1, 0.15) is 0 Å². The number of carbonyl (C=O) groups is 1. The molecule has 1 aromatic carbocycles. The number of benzene rings is 1. The van der Waals surface area contributed by atoms with Gasteiger partial charge in [0, 0.05) is 11.3 Å². The maximum Gasteiger partial charge on any atom is 0.446 e. The van der Waals surface area contributed by atoms with Gasteiger partial charge in [-0.1, -0.05) is 12.1 Å². The number of halogens is 3. The highest BCUT2D eigenvalue weighted by Crippen LogP contribution is 2.37. The summed E-state index contributed by atoms with van der Waals surface area (Å²) in [5, 5.41) is 9.82. The van der Waals surface area contributed by atoms with Crippen molar-refractivity contribution in [3.63, 3.8) is 0 Å². The van der Waals surface area contributed by atoms with Gasteiger partial charge >= 0.3 is 11.5 Å². The second-order valence-electron chi connectivity index (χ2n) is 3.98. The van der Waals surface area contributed by atoms with Crippen molar-refractivity contribution in [3.05, 3.63) is 29.8 Å². The molecule has 0 aliphatic carbocycles. The fraction of sp³-hybridized carbons (Fsp3) is 0.462. The molecule has 7 heteroatoms. The molecule has 0 heterocycles. The zero-order valence-corrected chi connectivity index (χ0v) is 11.6. The second kappa shape index (κ2) is 7.54. The normalized spacial score (nSPS) is 13.1. The van der Waals surface area contributed by atoms with Gasteiger partial charge in [0.25, 0.3) is 0 Å². The van der Waals surface area contributed by atoms with Gasteiger partial charge in [-0.25, -0.2) is 0 Å². The highest BCUT2D eigenvalue weighted by Gasteiger charge is 2.29. The first kappa shape index (κ1) is 16.8. The molecule has 0 fully saturated rings. The van der Waals surface area contributed by atoms with E-state index in [-0.39, 0.29) is 36.1 Å². The van der Waals surface area contributed by atoms with Crippen LogP contribution in [-0.2, 0) is 9.53 Å². The van der Waals surface area contributed by atoms with Gasteiger partial charge in [-0.2, -0.15) is 13.2 Å². The van der Waals surface area contributed by atoms with Crippen LogP contribution in [0.1, 0.15) is 31.4 Å². The standard InChI is InChI=1S/C13H15F3O3S/c1-2-19-12(18)8-7-11(17)9-3-5-10(6-4-9)20-13(14,15)16/h3-6,11,17H,2,7-8H2,1H3. The van der Waals surface area contributed by atoms with Gasteiger partial charge in [-0.3, -0.25) is 4.79 Å². The fourth-order valence-electron chi connectivity index (χ4n) is 1.55. The molecule has 20 heavy (non-hydrogen) atoms. The van der Waals surface area contributed by atoms with Crippen LogP contribution in [0.25, 0.3) is 0 Å². The van der Waals surface area contributed by atoms with Crippen LogP contribution < -0.4 is 0 Å². The highest BCUT2D eigenvalue weighted by molar-refractivity contribution is 8.00. The molecule has 0 spiro atoms. The maximum absolute atomic E-state index is 12.1. The molecular formula is C13H15F3O3S. The molecule has 0 aromatic heterocycles. The molecular weight excluding hydrogens is 293 g/mol. The van der Waals surface area contributed by atoms with E-state index in [0.29, 0.717) is 5.56 Å². The molecule has 1 N–H and O–H groups in total. The van der Waals surface area contributed by atoms with Crippen molar-refractivity contribution in [3.8, 4) is 0 Å². The Morgan fingerprint density at radius 2 is 1.95 bits per heavy atom. The number of thioether (sulfide) groups is 1. The molecule has 0 amide bonds. The van der Waals surface area contributed by atoms with Crippen molar-refractivity contribution in [2.75, 3.05) is 6.61 Å². The van der Waals surface area contributed by atoms with Crippen molar-refractivity contribution < 1.29 is 27.8 Å². The van der Waals surface area contributed by atoms with Gasteiger partial charge in [0.15, 0.2) is 0 Å². The Morgan fingerprint density at radius 1 is 1.35 bits per heavy atom. The zero-order chi connectivity index (χ0) is 15.2. The molecule has 1 rings (SSSR count). The van der Waals surface area contributed by atoms with Crippen LogP contribution in [0, 0.1) is 0 Å². The lowest BCUT2D eigenvalue weighted by atomic mass is 10.1. The molecule has 0 aliphatic rings. The van der Waals surface area contributed by atoms with Gasteiger partial charge in [0.05, 0.1) is 12.7 Å². The van der Waals surface area contributed by atoms with Crippen molar-refractivity contribution in [1.82, 2.24) is 0 Å². The zero-order valence-electron chi connectivity index (χ0n) is 10.8. The van der Waals surface area contributed by atoms with E-state index in [9.17, 15) is 23.1 Å². The molecule has 0 bridgehead atoms. The van der Waals surface area contributed by atoms with E-state index in [2.05, 4.69) is 0 Å². The molecule has 3 nitrogen and oxygen atoms in total. The number of rotatable bonds is 6. The third-order valence-electron chi connectivity index (χ3n) is 2.43. The van der Waals surface area contributed by atoms with E-state index in [0.717, 1.165) is 0 Å². The number of aliphatic hydroxyl groups is 1. The van der Waals surface area contributed by atoms with Crippen molar-refractivity contribution in [1.29, 1.82) is 0 Å². The Bertz CT molecular complexity index is 431. The van der Waals surface area contributed by atoms with Crippen LogP contribution in [0.2, 0.25) is 0 Å². The van der Waals surface area contributed by atoms with Crippen LogP contribution in [0.4, 0.5) is 13.2 Å². The molecule has 1 atom stereocenters. The lowest BCUT2D eigenvalue weighted by Crippen LogP contribution is -2.07. The number of esters is 1. The van der Waals surface area contributed by atoms with Crippen LogP contribution in [0.15, 0.2) is 29.2 Å². The molecule has 112 valence electrons. The number of carbonyl (C=O) groups excluding carboxylic acids is 1. The summed E-state index contributed by atoms with van der Waals surface area (Å²) in [4.78, 5) is 11.2. The number of aliphatic hydroxyl groups excluding tert-OH is 1. The third kappa shape index (κ3) is 6.29. The first-order valence-electron chi connectivity index (χ1n) is 6.01. The SMILES string of the molecule is CCOC(=O)CCC(O)c1ccc(SC(F)(F)F)cc1. The van der Waals surface area contributed by atoms with Gasteiger partial charge in [-0.15, -0.1) is 0 Å². The smallest absolute Gasteiger partial charge is 0.446 e. The summed E-state index contributed by atoms with van der Waals surface area (Å²) in [5.74, 6) is -0.407. The predicted octanol–water partition coefficient (Wildman–Crippen LogP) is 3.68. The van der Waals surface area contributed by atoms with Crippen molar-refractivity contribution >= 4 is 17.7 Å². The fourth-order valence-corrected chi connectivity index (χ4v) is 2.09. The van der Waals surface area contributed by atoms with Crippen molar-refractivity contribution in [2.24, 2.45) is 0 Å². The number of ether oxygens (including phenoxy) is 1.